The highest BCUT2D eigenvalue weighted by atomic mass is 127. The summed E-state index contributed by atoms with van der Waals surface area (Å²) in [5, 5.41) is 16.9. The summed E-state index contributed by atoms with van der Waals surface area (Å²) in [6, 6.07) is 18.1. The molecule has 0 aromatic heterocycles. The molecule has 39 heavy (non-hydrogen) atoms. The molecule has 0 saturated heterocycles. The van der Waals surface area contributed by atoms with Crippen molar-refractivity contribution in [3.05, 3.63) is 105 Å². The van der Waals surface area contributed by atoms with E-state index in [1.807, 2.05) is 54.6 Å². The Kier molecular flexibility index (Phi) is 11.8. The third kappa shape index (κ3) is 11.3. The first-order valence-corrected chi connectivity index (χ1v) is 15.4. The number of carbonyl (C=O) groups excluding carboxylic acids is 1. The van der Waals surface area contributed by atoms with E-state index < -0.39 is 45.8 Å². The third-order valence-electron chi connectivity index (χ3n) is 5.98. The number of aliphatic hydroxyl groups is 1. The van der Waals surface area contributed by atoms with E-state index in [1.54, 1.807) is 0 Å². The molecule has 11 heteroatoms. The summed E-state index contributed by atoms with van der Waals surface area (Å²) in [7, 11) is -3.73. The van der Waals surface area contributed by atoms with E-state index in [9.17, 15) is 27.1 Å². The summed E-state index contributed by atoms with van der Waals surface area (Å²) in [5.74, 6) is -2.20. The number of hydrogen-bond acceptors (Lipinski definition) is 5. The van der Waals surface area contributed by atoms with Crippen LogP contribution in [0.1, 0.15) is 23.1 Å². The standard InChI is InChI=1S/C28H32F2IN3O4S/c1-39(37,38)34-25(11-10-19-6-3-2-4-7-19)28(36)33-26(15-21-12-22(29)16-23(30)13-21)27(35)18-32-17-20-8-5-9-24(31)14-20/h2-9,12-14,16,25-27,32,34-35H,10-11,15,17-18H2,1H3,(H,33,36)/t25?,26-,27-/m1/s1. The Morgan fingerprint density at radius 1 is 0.949 bits per heavy atom. The largest absolute Gasteiger partial charge is 0.390 e. The fraction of sp³-hybridized carbons (Fsp3) is 0.321. The second kappa shape index (κ2) is 14.8. The lowest BCUT2D eigenvalue weighted by Crippen LogP contribution is -2.54. The Hall–Kier alpha value is -2.45. The van der Waals surface area contributed by atoms with Gasteiger partial charge in [-0.3, -0.25) is 4.79 Å². The molecule has 3 rings (SSSR count). The van der Waals surface area contributed by atoms with Gasteiger partial charge in [0.05, 0.1) is 18.4 Å². The molecule has 0 radical (unpaired) electrons. The summed E-state index contributed by atoms with van der Waals surface area (Å²) in [6.07, 6.45) is 0.353. The molecule has 3 aromatic rings. The zero-order chi connectivity index (χ0) is 28.4. The number of aryl methyl sites for hydroxylation is 1. The van der Waals surface area contributed by atoms with E-state index in [4.69, 9.17) is 0 Å². The number of amides is 1. The number of halogens is 3. The lowest BCUT2D eigenvalue weighted by molar-refractivity contribution is -0.124. The van der Waals surface area contributed by atoms with Crippen molar-refractivity contribution in [2.24, 2.45) is 0 Å². The van der Waals surface area contributed by atoms with Gasteiger partial charge < -0.3 is 15.7 Å². The van der Waals surface area contributed by atoms with E-state index in [-0.39, 0.29) is 24.9 Å². The molecule has 210 valence electrons. The van der Waals surface area contributed by atoms with Crippen LogP contribution in [0.5, 0.6) is 0 Å². The molecule has 0 fully saturated rings. The van der Waals surface area contributed by atoms with Crippen LogP contribution in [0.25, 0.3) is 0 Å². The first kappa shape index (κ1) is 31.1. The van der Waals surface area contributed by atoms with Gasteiger partial charge in [0.2, 0.25) is 15.9 Å². The quantitative estimate of drug-likeness (QED) is 0.197. The van der Waals surface area contributed by atoms with Crippen LogP contribution in [0.15, 0.2) is 72.8 Å². The molecular weight excluding hydrogens is 639 g/mol. The molecule has 4 N–H and O–H groups in total. The first-order chi connectivity index (χ1) is 18.5. The van der Waals surface area contributed by atoms with Gasteiger partial charge >= 0.3 is 0 Å². The van der Waals surface area contributed by atoms with Crippen LogP contribution >= 0.6 is 22.6 Å². The van der Waals surface area contributed by atoms with Gasteiger partial charge in [0.1, 0.15) is 17.7 Å². The maximum atomic E-state index is 13.9. The topological polar surface area (TPSA) is 108 Å². The molecule has 3 aromatic carbocycles. The van der Waals surface area contributed by atoms with Crippen LogP contribution in [0.4, 0.5) is 8.78 Å². The van der Waals surface area contributed by atoms with Crippen LogP contribution in [0.2, 0.25) is 0 Å². The van der Waals surface area contributed by atoms with Crippen molar-refractivity contribution in [2.75, 3.05) is 12.8 Å². The summed E-state index contributed by atoms with van der Waals surface area (Å²) in [6.45, 7) is 0.529. The fourth-order valence-corrected chi connectivity index (χ4v) is 5.51. The number of rotatable bonds is 14. The smallest absolute Gasteiger partial charge is 0.238 e. The van der Waals surface area contributed by atoms with Gasteiger partial charge in [-0.15, -0.1) is 0 Å². The van der Waals surface area contributed by atoms with Crippen LogP contribution in [-0.2, 0) is 34.2 Å². The van der Waals surface area contributed by atoms with Crippen molar-refractivity contribution in [1.82, 2.24) is 15.4 Å². The highest BCUT2D eigenvalue weighted by Gasteiger charge is 2.28. The molecule has 3 atom stereocenters. The minimum atomic E-state index is -3.73. The van der Waals surface area contributed by atoms with Gasteiger partial charge in [-0.2, -0.15) is 0 Å². The average molecular weight is 672 g/mol. The molecule has 7 nitrogen and oxygen atoms in total. The Balaban J connectivity index is 1.75. The van der Waals surface area contributed by atoms with Crippen LogP contribution < -0.4 is 15.4 Å². The summed E-state index contributed by atoms with van der Waals surface area (Å²) in [5.41, 5.74) is 2.17. The molecule has 0 spiro atoms. The van der Waals surface area contributed by atoms with Crippen LogP contribution in [0.3, 0.4) is 0 Å². The number of aliphatic hydroxyl groups excluding tert-OH is 1. The van der Waals surface area contributed by atoms with Gasteiger partial charge in [-0.05, 0) is 82.8 Å². The van der Waals surface area contributed by atoms with Gasteiger partial charge in [0, 0.05) is 22.7 Å². The molecule has 0 saturated carbocycles. The fourth-order valence-electron chi connectivity index (χ4n) is 4.16. The van der Waals surface area contributed by atoms with Crippen molar-refractivity contribution in [2.45, 2.75) is 44.0 Å². The van der Waals surface area contributed by atoms with E-state index >= 15 is 0 Å². The average Bonchev–Trinajstić information content (AvgIpc) is 2.85. The lowest BCUT2D eigenvalue weighted by Gasteiger charge is -2.27. The minimum absolute atomic E-state index is 0.0718. The van der Waals surface area contributed by atoms with Gasteiger partial charge in [0.15, 0.2) is 0 Å². The molecule has 0 aliphatic carbocycles. The lowest BCUT2D eigenvalue weighted by atomic mass is 9.99. The Labute approximate surface area is 241 Å². The van der Waals surface area contributed by atoms with Gasteiger partial charge in [-0.25, -0.2) is 21.9 Å². The number of carbonyl (C=O) groups is 1. The first-order valence-electron chi connectivity index (χ1n) is 12.4. The van der Waals surface area contributed by atoms with E-state index in [1.165, 1.54) is 0 Å². The van der Waals surface area contributed by atoms with Crippen molar-refractivity contribution in [3.63, 3.8) is 0 Å². The highest BCUT2D eigenvalue weighted by molar-refractivity contribution is 14.1. The number of sulfonamides is 1. The predicted molar refractivity (Wildman–Crippen MR) is 155 cm³/mol. The van der Waals surface area contributed by atoms with E-state index in [0.29, 0.717) is 13.0 Å². The third-order valence-corrected chi connectivity index (χ3v) is 7.36. The zero-order valence-corrected chi connectivity index (χ0v) is 24.4. The monoisotopic (exact) mass is 671 g/mol. The molecule has 0 bridgehead atoms. The molecule has 1 unspecified atom stereocenters. The summed E-state index contributed by atoms with van der Waals surface area (Å²) >= 11 is 2.20. The number of hydrogen-bond donors (Lipinski definition) is 4. The maximum absolute atomic E-state index is 13.9. The zero-order valence-electron chi connectivity index (χ0n) is 21.4. The molecule has 1 amide bonds. The molecule has 0 aliphatic heterocycles. The summed E-state index contributed by atoms with van der Waals surface area (Å²) in [4.78, 5) is 13.3. The Morgan fingerprint density at radius 3 is 2.26 bits per heavy atom. The Morgan fingerprint density at radius 2 is 1.62 bits per heavy atom. The maximum Gasteiger partial charge on any atom is 0.238 e. The molecule has 0 heterocycles. The van der Waals surface area contributed by atoms with E-state index in [0.717, 1.165) is 39.2 Å². The van der Waals surface area contributed by atoms with Crippen molar-refractivity contribution >= 4 is 38.5 Å². The predicted octanol–water partition coefficient (Wildman–Crippen LogP) is 3.30. The molecule has 0 aliphatic rings. The minimum Gasteiger partial charge on any atom is -0.390 e. The normalized spacial score (nSPS) is 14.0. The number of nitrogens with one attached hydrogen (secondary N) is 3. The van der Waals surface area contributed by atoms with Crippen molar-refractivity contribution in [3.8, 4) is 0 Å². The van der Waals surface area contributed by atoms with Crippen LogP contribution in [0, 0.1) is 15.2 Å². The Bertz CT molecular complexity index is 1330. The second-order valence-corrected chi connectivity index (χ2v) is 12.4. The summed E-state index contributed by atoms with van der Waals surface area (Å²) < 4.78 is 55.2. The van der Waals surface area contributed by atoms with Crippen molar-refractivity contribution < 1.29 is 27.1 Å². The van der Waals surface area contributed by atoms with Gasteiger partial charge in [-0.1, -0.05) is 42.5 Å². The van der Waals surface area contributed by atoms with Gasteiger partial charge in [0.25, 0.3) is 0 Å². The second-order valence-electron chi connectivity index (χ2n) is 9.39. The van der Waals surface area contributed by atoms with E-state index in [2.05, 4.69) is 37.9 Å². The van der Waals surface area contributed by atoms with Crippen molar-refractivity contribution in [1.29, 1.82) is 0 Å². The van der Waals surface area contributed by atoms with Crippen LogP contribution in [-0.4, -0.2) is 50.4 Å². The highest BCUT2D eigenvalue weighted by Crippen LogP contribution is 2.14. The molecular formula is C28H32F2IN3O4S. The number of benzene rings is 3. The SMILES string of the molecule is CS(=O)(=O)NC(CCc1ccccc1)C(=O)N[C@H](Cc1cc(F)cc(F)c1)[C@H](O)CNCc1cccc(I)c1.